The summed E-state index contributed by atoms with van der Waals surface area (Å²) >= 11 is 0. The first-order valence-electron chi connectivity index (χ1n) is 8.49. The van der Waals surface area contributed by atoms with Crippen molar-refractivity contribution in [1.82, 2.24) is 15.1 Å². The molecule has 0 saturated heterocycles. The Morgan fingerprint density at radius 1 is 1.35 bits per heavy atom. The van der Waals surface area contributed by atoms with Crippen LogP contribution in [0.3, 0.4) is 0 Å². The fraction of sp³-hybridized carbons (Fsp3) is 0.824. The Morgan fingerprint density at radius 3 is 2.75 bits per heavy atom. The van der Waals surface area contributed by atoms with Gasteiger partial charge in [-0.1, -0.05) is 33.6 Å². The minimum absolute atomic E-state index is 0.482. The van der Waals surface area contributed by atoms with Crippen LogP contribution in [-0.2, 0) is 13.0 Å². The van der Waals surface area contributed by atoms with Crippen LogP contribution in [0.15, 0.2) is 6.07 Å². The Kier molecular flexibility index (Phi) is 5.64. The fourth-order valence-corrected chi connectivity index (χ4v) is 3.68. The van der Waals surface area contributed by atoms with Crippen molar-refractivity contribution in [2.75, 3.05) is 6.54 Å². The van der Waals surface area contributed by atoms with Gasteiger partial charge in [0.15, 0.2) is 0 Å². The molecule has 1 aromatic heterocycles. The Hall–Kier alpha value is -0.830. The zero-order valence-corrected chi connectivity index (χ0v) is 13.7. The molecule has 3 atom stereocenters. The molecule has 0 aromatic carbocycles. The van der Waals surface area contributed by atoms with Gasteiger partial charge in [-0.25, -0.2) is 0 Å². The van der Waals surface area contributed by atoms with Crippen LogP contribution in [0.1, 0.15) is 70.8 Å². The first-order valence-corrected chi connectivity index (χ1v) is 8.49. The second-order valence-corrected chi connectivity index (χ2v) is 6.30. The third kappa shape index (κ3) is 3.43. The van der Waals surface area contributed by atoms with E-state index in [-0.39, 0.29) is 0 Å². The van der Waals surface area contributed by atoms with E-state index in [1.165, 1.54) is 37.1 Å². The molecule has 1 aliphatic carbocycles. The summed E-state index contributed by atoms with van der Waals surface area (Å²) in [6.07, 6.45) is 6.53. The first-order chi connectivity index (χ1) is 9.69. The number of hydrogen-bond acceptors (Lipinski definition) is 2. The predicted molar refractivity (Wildman–Crippen MR) is 84.8 cm³/mol. The van der Waals surface area contributed by atoms with Gasteiger partial charge in [0.2, 0.25) is 0 Å². The zero-order chi connectivity index (χ0) is 14.5. The number of nitrogens with one attached hydrogen (secondary N) is 1. The molecule has 1 aromatic rings. The van der Waals surface area contributed by atoms with E-state index in [0.29, 0.717) is 6.04 Å². The molecule has 20 heavy (non-hydrogen) atoms. The largest absolute Gasteiger partial charge is 0.309 e. The Morgan fingerprint density at radius 2 is 2.15 bits per heavy atom. The highest BCUT2D eigenvalue weighted by Gasteiger charge is 2.29. The van der Waals surface area contributed by atoms with Gasteiger partial charge >= 0.3 is 0 Å². The van der Waals surface area contributed by atoms with E-state index >= 15 is 0 Å². The average Bonchev–Trinajstić information content (AvgIpc) is 2.87. The quantitative estimate of drug-likeness (QED) is 0.853. The standard InChI is InChI=1S/C17H31N3/c1-5-15-12-16(20(7-3)19-15)17(18-6-2)14-10-8-9-13(4)11-14/h12-14,17-18H,5-11H2,1-4H3. The van der Waals surface area contributed by atoms with E-state index in [2.05, 4.69) is 43.8 Å². The lowest BCUT2D eigenvalue weighted by atomic mass is 9.77. The maximum Gasteiger partial charge on any atom is 0.0625 e. The number of hydrogen-bond donors (Lipinski definition) is 1. The van der Waals surface area contributed by atoms with E-state index in [1.54, 1.807) is 0 Å². The minimum atomic E-state index is 0.482. The lowest BCUT2D eigenvalue weighted by Gasteiger charge is -2.34. The summed E-state index contributed by atoms with van der Waals surface area (Å²) in [6.45, 7) is 11.0. The van der Waals surface area contributed by atoms with Gasteiger partial charge in [-0.05, 0) is 50.6 Å². The summed E-state index contributed by atoms with van der Waals surface area (Å²) in [5, 5.41) is 8.48. The van der Waals surface area contributed by atoms with Crippen molar-refractivity contribution < 1.29 is 0 Å². The molecule has 3 unspecified atom stereocenters. The molecule has 1 N–H and O–H groups in total. The van der Waals surface area contributed by atoms with Crippen molar-refractivity contribution in [3.63, 3.8) is 0 Å². The van der Waals surface area contributed by atoms with Crippen LogP contribution in [-0.4, -0.2) is 16.3 Å². The monoisotopic (exact) mass is 277 g/mol. The maximum atomic E-state index is 4.74. The Labute approximate surface area is 124 Å². The van der Waals surface area contributed by atoms with Crippen molar-refractivity contribution in [2.45, 2.75) is 72.4 Å². The van der Waals surface area contributed by atoms with Gasteiger partial charge in [0.05, 0.1) is 17.4 Å². The minimum Gasteiger partial charge on any atom is -0.309 e. The molecule has 3 heteroatoms. The molecule has 0 spiro atoms. The lowest BCUT2D eigenvalue weighted by Crippen LogP contribution is -2.33. The van der Waals surface area contributed by atoms with Crippen molar-refractivity contribution in [2.24, 2.45) is 11.8 Å². The van der Waals surface area contributed by atoms with Crippen molar-refractivity contribution >= 4 is 0 Å². The summed E-state index contributed by atoms with van der Waals surface area (Å²) in [6, 6.07) is 2.81. The maximum absolute atomic E-state index is 4.74. The second-order valence-electron chi connectivity index (χ2n) is 6.30. The van der Waals surface area contributed by atoms with E-state index < -0.39 is 0 Å². The molecule has 2 rings (SSSR count). The first kappa shape index (κ1) is 15.6. The topological polar surface area (TPSA) is 29.9 Å². The average molecular weight is 277 g/mol. The van der Waals surface area contributed by atoms with Crippen LogP contribution < -0.4 is 5.32 Å². The molecule has 1 saturated carbocycles. The number of aryl methyl sites for hydroxylation is 2. The van der Waals surface area contributed by atoms with Crippen LogP contribution in [0.5, 0.6) is 0 Å². The van der Waals surface area contributed by atoms with Crippen LogP contribution >= 0.6 is 0 Å². The number of aromatic nitrogens is 2. The predicted octanol–water partition coefficient (Wildman–Crippen LogP) is 3.94. The van der Waals surface area contributed by atoms with Crippen molar-refractivity contribution in [3.8, 4) is 0 Å². The van der Waals surface area contributed by atoms with Crippen molar-refractivity contribution in [1.29, 1.82) is 0 Å². The summed E-state index contributed by atoms with van der Waals surface area (Å²) < 4.78 is 2.21. The molecular formula is C17H31N3. The van der Waals surface area contributed by atoms with E-state index in [1.807, 2.05) is 0 Å². The van der Waals surface area contributed by atoms with Crippen LogP contribution in [0, 0.1) is 11.8 Å². The third-order valence-electron chi connectivity index (χ3n) is 4.71. The lowest BCUT2D eigenvalue weighted by molar-refractivity contribution is 0.218. The molecule has 0 radical (unpaired) electrons. The SMILES string of the molecule is CCNC(c1cc(CC)nn1CC)C1CCCC(C)C1. The van der Waals surface area contributed by atoms with E-state index in [0.717, 1.165) is 31.3 Å². The highest BCUT2D eigenvalue weighted by Crippen LogP contribution is 2.37. The highest BCUT2D eigenvalue weighted by atomic mass is 15.3. The van der Waals surface area contributed by atoms with Gasteiger partial charge in [0.25, 0.3) is 0 Å². The fourth-order valence-electron chi connectivity index (χ4n) is 3.68. The molecule has 1 heterocycles. The Balaban J connectivity index is 2.24. The third-order valence-corrected chi connectivity index (χ3v) is 4.71. The molecule has 1 aliphatic rings. The van der Waals surface area contributed by atoms with Crippen LogP contribution in [0.2, 0.25) is 0 Å². The zero-order valence-electron chi connectivity index (χ0n) is 13.7. The molecular weight excluding hydrogens is 246 g/mol. The van der Waals surface area contributed by atoms with Gasteiger partial charge in [-0.3, -0.25) is 4.68 Å². The summed E-state index contributed by atoms with van der Waals surface area (Å²) in [5.74, 6) is 1.64. The van der Waals surface area contributed by atoms with Crippen LogP contribution in [0.4, 0.5) is 0 Å². The number of nitrogens with zero attached hydrogens (tertiary/aromatic N) is 2. The van der Waals surface area contributed by atoms with Gasteiger partial charge < -0.3 is 5.32 Å². The molecule has 0 amide bonds. The summed E-state index contributed by atoms with van der Waals surface area (Å²) in [5.41, 5.74) is 2.64. The second kappa shape index (κ2) is 7.26. The number of rotatable bonds is 6. The normalized spacial score (nSPS) is 24.8. The van der Waals surface area contributed by atoms with Gasteiger partial charge in [-0.2, -0.15) is 5.10 Å². The molecule has 1 fully saturated rings. The molecule has 0 aliphatic heterocycles. The van der Waals surface area contributed by atoms with E-state index in [9.17, 15) is 0 Å². The molecule has 3 nitrogen and oxygen atoms in total. The summed E-state index contributed by atoms with van der Waals surface area (Å²) in [7, 11) is 0. The van der Waals surface area contributed by atoms with Gasteiger partial charge in [0.1, 0.15) is 0 Å². The summed E-state index contributed by atoms with van der Waals surface area (Å²) in [4.78, 5) is 0. The molecule has 114 valence electrons. The molecule has 0 bridgehead atoms. The van der Waals surface area contributed by atoms with Crippen LogP contribution in [0.25, 0.3) is 0 Å². The smallest absolute Gasteiger partial charge is 0.0625 e. The van der Waals surface area contributed by atoms with E-state index in [4.69, 9.17) is 5.10 Å². The highest BCUT2D eigenvalue weighted by molar-refractivity contribution is 5.16. The van der Waals surface area contributed by atoms with Gasteiger partial charge in [0, 0.05) is 6.54 Å². The Bertz CT molecular complexity index is 410. The van der Waals surface area contributed by atoms with Gasteiger partial charge in [-0.15, -0.1) is 0 Å². The van der Waals surface area contributed by atoms with Crippen molar-refractivity contribution in [3.05, 3.63) is 17.5 Å².